The molecule has 0 unspecified atom stereocenters. The largest absolute Gasteiger partial charge is 0.389 e. The number of fused-ring (bicyclic) bond motifs is 1. The fourth-order valence-corrected chi connectivity index (χ4v) is 3.66. The van der Waals surface area contributed by atoms with Gasteiger partial charge in [0.05, 0.1) is 5.56 Å². The molecule has 2 N–H and O–H groups in total. The lowest BCUT2D eigenvalue weighted by Gasteiger charge is -2.35. The first-order valence-corrected chi connectivity index (χ1v) is 8.00. The minimum absolute atomic E-state index is 0.148. The minimum Gasteiger partial charge on any atom is -0.389 e. The summed E-state index contributed by atoms with van der Waals surface area (Å²) in [4.78, 5) is 7.85. The van der Waals surface area contributed by atoms with Crippen LogP contribution in [0.15, 0.2) is 6.07 Å². The summed E-state index contributed by atoms with van der Waals surface area (Å²) in [6, 6.07) is 2.20. The van der Waals surface area contributed by atoms with Crippen LogP contribution in [0.5, 0.6) is 0 Å². The van der Waals surface area contributed by atoms with E-state index in [1.165, 1.54) is 36.9 Å². The van der Waals surface area contributed by atoms with E-state index in [4.69, 9.17) is 22.9 Å². The molecule has 108 valence electrons. The quantitative estimate of drug-likeness (QED) is 0.850. The normalized spacial score (nSPS) is 20.8. The lowest BCUT2D eigenvalue weighted by Crippen LogP contribution is -2.40. The lowest BCUT2D eigenvalue weighted by atomic mass is 9.94. The third-order valence-corrected chi connectivity index (χ3v) is 4.92. The molecule has 0 bridgehead atoms. The minimum atomic E-state index is 0.148. The Labute approximate surface area is 126 Å². The van der Waals surface area contributed by atoms with Gasteiger partial charge >= 0.3 is 0 Å². The second-order valence-corrected chi connectivity index (χ2v) is 7.04. The maximum absolute atomic E-state index is 5.97. The van der Waals surface area contributed by atoms with Crippen molar-refractivity contribution in [3.63, 3.8) is 0 Å². The van der Waals surface area contributed by atoms with Crippen molar-refractivity contribution in [2.24, 2.45) is 5.73 Å². The van der Waals surface area contributed by atoms with Crippen molar-refractivity contribution in [2.75, 3.05) is 11.4 Å². The summed E-state index contributed by atoms with van der Waals surface area (Å²) in [5.41, 5.74) is 9.69. The SMILES string of the molecule is CC1(C)CCCN1c1nc2c(cc1C(N)=S)CCCC2. The Hall–Kier alpha value is -1.16. The molecule has 0 amide bonds. The molecule has 3 rings (SSSR count). The molecular weight excluding hydrogens is 266 g/mol. The van der Waals surface area contributed by atoms with Gasteiger partial charge in [-0.05, 0) is 64.0 Å². The third kappa shape index (κ3) is 2.30. The number of thiocarbonyl (C=S) groups is 1. The number of nitrogens with two attached hydrogens (primary N) is 1. The molecule has 3 nitrogen and oxygen atoms in total. The van der Waals surface area contributed by atoms with Crippen molar-refractivity contribution in [1.29, 1.82) is 0 Å². The average molecular weight is 289 g/mol. The second-order valence-electron chi connectivity index (χ2n) is 6.60. The van der Waals surface area contributed by atoms with Gasteiger partial charge in [0, 0.05) is 17.8 Å². The lowest BCUT2D eigenvalue weighted by molar-refractivity contribution is 0.513. The first-order chi connectivity index (χ1) is 9.49. The van der Waals surface area contributed by atoms with Crippen LogP contribution in [0.2, 0.25) is 0 Å². The van der Waals surface area contributed by atoms with Gasteiger partial charge in [-0.1, -0.05) is 12.2 Å². The average Bonchev–Trinajstić information content (AvgIpc) is 2.76. The number of hydrogen-bond acceptors (Lipinski definition) is 3. The molecule has 4 heteroatoms. The Kier molecular flexibility index (Phi) is 3.44. The van der Waals surface area contributed by atoms with Gasteiger partial charge < -0.3 is 10.6 Å². The third-order valence-electron chi connectivity index (χ3n) is 4.70. The molecule has 20 heavy (non-hydrogen) atoms. The highest BCUT2D eigenvalue weighted by Crippen LogP contribution is 2.36. The zero-order chi connectivity index (χ0) is 14.3. The number of pyridine rings is 1. The van der Waals surface area contributed by atoms with Crippen molar-refractivity contribution in [2.45, 2.75) is 57.9 Å². The van der Waals surface area contributed by atoms with Crippen LogP contribution in [0, 0.1) is 0 Å². The van der Waals surface area contributed by atoms with Crippen LogP contribution in [0.25, 0.3) is 0 Å². The monoisotopic (exact) mass is 289 g/mol. The van der Waals surface area contributed by atoms with Crippen LogP contribution in [0.4, 0.5) is 5.82 Å². The number of aryl methyl sites for hydroxylation is 2. The zero-order valence-corrected chi connectivity index (χ0v) is 13.2. The van der Waals surface area contributed by atoms with Gasteiger partial charge in [-0.3, -0.25) is 0 Å². The highest BCUT2D eigenvalue weighted by atomic mass is 32.1. The summed E-state index contributed by atoms with van der Waals surface area (Å²) >= 11 is 5.28. The highest BCUT2D eigenvalue weighted by Gasteiger charge is 2.35. The summed E-state index contributed by atoms with van der Waals surface area (Å²) in [7, 11) is 0. The molecule has 0 aromatic carbocycles. The van der Waals surface area contributed by atoms with E-state index in [0.717, 1.165) is 30.8 Å². The fourth-order valence-electron chi connectivity index (χ4n) is 3.51. The van der Waals surface area contributed by atoms with Crippen molar-refractivity contribution in [1.82, 2.24) is 4.98 Å². The molecule has 0 radical (unpaired) electrons. The molecule has 1 fully saturated rings. The van der Waals surface area contributed by atoms with Gasteiger partial charge in [-0.25, -0.2) is 4.98 Å². The predicted molar refractivity (Wildman–Crippen MR) is 87.4 cm³/mol. The molecule has 0 atom stereocenters. The maximum atomic E-state index is 5.97. The van der Waals surface area contributed by atoms with E-state index in [1.807, 2.05) is 0 Å². The van der Waals surface area contributed by atoms with E-state index in [1.54, 1.807) is 0 Å². The van der Waals surface area contributed by atoms with Crippen LogP contribution >= 0.6 is 12.2 Å². The standard InChI is InChI=1S/C16H23N3S/c1-16(2)8-5-9-19(16)15-12(14(17)20)10-11-6-3-4-7-13(11)18-15/h10H,3-9H2,1-2H3,(H2,17,20). The van der Waals surface area contributed by atoms with Crippen LogP contribution in [-0.2, 0) is 12.8 Å². The molecule has 0 spiro atoms. The molecule has 1 aliphatic carbocycles. The molecule has 1 aromatic heterocycles. The number of anilines is 1. The van der Waals surface area contributed by atoms with Crippen LogP contribution < -0.4 is 10.6 Å². The zero-order valence-electron chi connectivity index (χ0n) is 12.4. The first-order valence-electron chi connectivity index (χ1n) is 7.59. The van der Waals surface area contributed by atoms with E-state index in [9.17, 15) is 0 Å². The van der Waals surface area contributed by atoms with Crippen molar-refractivity contribution in [3.05, 3.63) is 22.9 Å². The molecule has 1 saturated heterocycles. The number of rotatable bonds is 2. The first kappa shape index (κ1) is 13.8. The summed E-state index contributed by atoms with van der Waals surface area (Å²) in [6.07, 6.45) is 7.11. The van der Waals surface area contributed by atoms with Crippen LogP contribution in [-0.4, -0.2) is 22.1 Å². The van der Waals surface area contributed by atoms with Gasteiger partial charge in [-0.15, -0.1) is 0 Å². The van der Waals surface area contributed by atoms with Gasteiger partial charge in [0.15, 0.2) is 0 Å². The van der Waals surface area contributed by atoms with E-state index >= 15 is 0 Å². The van der Waals surface area contributed by atoms with E-state index in [0.29, 0.717) is 4.99 Å². The molecule has 1 aromatic rings. The molecule has 2 aliphatic rings. The number of hydrogen-bond donors (Lipinski definition) is 1. The molecular formula is C16H23N3S. The predicted octanol–water partition coefficient (Wildman–Crippen LogP) is 2.97. The van der Waals surface area contributed by atoms with Gasteiger partial charge in [0.2, 0.25) is 0 Å². The number of aromatic nitrogens is 1. The van der Waals surface area contributed by atoms with Crippen molar-refractivity contribution in [3.8, 4) is 0 Å². The fraction of sp³-hybridized carbons (Fsp3) is 0.625. The Morgan fingerprint density at radius 1 is 1.30 bits per heavy atom. The summed E-state index contributed by atoms with van der Waals surface area (Å²) < 4.78 is 0. The summed E-state index contributed by atoms with van der Waals surface area (Å²) in [5, 5.41) is 0. The summed E-state index contributed by atoms with van der Waals surface area (Å²) in [6.45, 7) is 5.61. The van der Waals surface area contributed by atoms with Crippen LogP contribution in [0.3, 0.4) is 0 Å². The van der Waals surface area contributed by atoms with E-state index in [-0.39, 0.29) is 5.54 Å². The molecule has 0 saturated carbocycles. The highest BCUT2D eigenvalue weighted by molar-refractivity contribution is 7.80. The Morgan fingerprint density at radius 3 is 2.70 bits per heavy atom. The van der Waals surface area contributed by atoms with E-state index < -0.39 is 0 Å². The maximum Gasteiger partial charge on any atom is 0.139 e. The molecule has 1 aliphatic heterocycles. The topological polar surface area (TPSA) is 42.2 Å². The Balaban J connectivity index is 2.11. The van der Waals surface area contributed by atoms with Gasteiger partial charge in [0.1, 0.15) is 10.8 Å². The van der Waals surface area contributed by atoms with Gasteiger partial charge in [-0.2, -0.15) is 0 Å². The van der Waals surface area contributed by atoms with Crippen LogP contribution in [0.1, 0.15) is 56.4 Å². The van der Waals surface area contributed by atoms with Gasteiger partial charge in [0.25, 0.3) is 0 Å². The van der Waals surface area contributed by atoms with E-state index in [2.05, 4.69) is 24.8 Å². The van der Waals surface area contributed by atoms with Crippen molar-refractivity contribution >= 4 is 23.0 Å². The van der Waals surface area contributed by atoms with Crippen molar-refractivity contribution < 1.29 is 0 Å². The number of nitrogens with zero attached hydrogens (tertiary/aromatic N) is 2. The Morgan fingerprint density at radius 2 is 2.05 bits per heavy atom. The summed E-state index contributed by atoms with van der Waals surface area (Å²) in [5.74, 6) is 1.01. The second kappa shape index (κ2) is 4.99. The smallest absolute Gasteiger partial charge is 0.139 e. The Bertz CT molecular complexity index is 551. The molecule has 2 heterocycles.